The fourth-order valence-corrected chi connectivity index (χ4v) is 4.71. The van der Waals surface area contributed by atoms with Crippen LogP contribution in [-0.4, -0.2) is 24.8 Å². The molecule has 1 aliphatic rings. The molecule has 19 heavy (non-hydrogen) atoms. The standard InChI is InChI=1S/C15H24BrNOS/c1-3-17-14(10-13-9-12(16)11-19-13)15(18-4-2)7-5-6-8-15/h9,11,14,17H,3-8,10H2,1-2H3. The van der Waals surface area contributed by atoms with Gasteiger partial charge in [-0.05, 0) is 54.7 Å². The second-order valence-corrected chi connectivity index (χ2v) is 7.16. The van der Waals surface area contributed by atoms with E-state index in [9.17, 15) is 0 Å². The number of hydrogen-bond acceptors (Lipinski definition) is 3. The van der Waals surface area contributed by atoms with Crippen molar-refractivity contribution in [2.75, 3.05) is 13.2 Å². The summed E-state index contributed by atoms with van der Waals surface area (Å²) < 4.78 is 7.41. The number of hydrogen-bond donors (Lipinski definition) is 1. The molecule has 0 aromatic carbocycles. The predicted octanol–water partition coefficient (Wildman–Crippen LogP) is 4.38. The van der Waals surface area contributed by atoms with Gasteiger partial charge in [-0.3, -0.25) is 0 Å². The maximum absolute atomic E-state index is 6.21. The molecule has 2 nitrogen and oxygen atoms in total. The summed E-state index contributed by atoms with van der Waals surface area (Å²) in [5, 5.41) is 5.84. The van der Waals surface area contributed by atoms with Gasteiger partial charge in [-0.25, -0.2) is 0 Å². The summed E-state index contributed by atoms with van der Waals surface area (Å²) in [6, 6.07) is 2.68. The summed E-state index contributed by atoms with van der Waals surface area (Å²) in [7, 11) is 0. The Labute approximate surface area is 129 Å². The minimum Gasteiger partial charge on any atom is -0.374 e. The maximum Gasteiger partial charge on any atom is 0.0838 e. The average Bonchev–Trinajstić information content (AvgIpc) is 3.00. The third kappa shape index (κ3) is 3.81. The minimum atomic E-state index is 0.0568. The van der Waals surface area contributed by atoms with Crippen LogP contribution in [0.15, 0.2) is 15.9 Å². The SMILES string of the molecule is CCNC(Cc1cc(Br)cs1)C1(OCC)CCCC1. The lowest BCUT2D eigenvalue weighted by atomic mass is 9.89. The van der Waals surface area contributed by atoms with Crippen LogP contribution in [0.1, 0.15) is 44.4 Å². The number of rotatable bonds is 7. The molecule has 0 radical (unpaired) electrons. The molecule has 1 aromatic heterocycles. The lowest BCUT2D eigenvalue weighted by Crippen LogP contribution is -2.52. The highest BCUT2D eigenvalue weighted by atomic mass is 79.9. The fourth-order valence-electron chi connectivity index (χ4n) is 3.21. The zero-order valence-electron chi connectivity index (χ0n) is 11.9. The number of halogens is 1. The second-order valence-electron chi connectivity index (χ2n) is 5.25. The van der Waals surface area contributed by atoms with E-state index in [-0.39, 0.29) is 5.60 Å². The molecule has 1 heterocycles. The molecule has 1 fully saturated rings. The van der Waals surface area contributed by atoms with Crippen LogP contribution < -0.4 is 5.32 Å². The third-order valence-corrected chi connectivity index (χ3v) is 5.71. The van der Waals surface area contributed by atoms with Gasteiger partial charge in [0.15, 0.2) is 0 Å². The quantitative estimate of drug-likeness (QED) is 0.791. The van der Waals surface area contributed by atoms with E-state index < -0.39 is 0 Å². The van der Waals surface area contributed by atoms with Crippen LogP contribution in [0.5, 0.6) is 0 Å². The molecule has 0 amide bonds. The van der Waals surface area contributed by atoms with Gasteiger partial charge >= 0.3 is 0 Å². The Bertz CT molecular complexity index is 387. The van der Waals surface area contributed by atoms with Crippen molar-refractivity contribution in [1.29, 1.82) is 0 Å². The summed E-state index contributed by atoms with van der Waals surface area (Å²) >= 11 is 5.38. The first kappa shape index (κ1) is 15.5. The Hall–Kier alpha value is 0.1000. The fraction of sp³-hybridized carbons (Fsp3) is 0.733. The zero-order chi connectivity index (χ0) is 13.7. The Balaban J connectivity index is 2.12. The molecule has 1 atom stereocenters. The predicted molar refractivity (Wildman–Crippen MR) is 86.0 cm³/mol. The number of ether oxygens (including phenoxy) is 1. The number of thiophene rings is 1. The first-order valence-electron chi connectivity index (χ1n) is 7.30. The second kappa shape index (κ2) is 7.21. The van der Waals surface area contributed by atoms with Crippen molar-refractivity contribution in [2.24, 2.45) is 0 Å². The first-order chi connectivity index (χ1) is 9.20. The van der Waals surface area contributed by atoms with Crippen LogP contribution in [-0.2, 0) is 11.2 Å². The Morgan fingerprint density at radius 3 is 2.68 bits per heavy atom. The zero-order valence-corrected chi connectivity index (χ0v) is 14.3. The molecular formula is C15H24BrNOS. The van der Waals surface area contributed by atoms with Crippen molar-refractivity contribution >= 4 is 27.3 Å². The molecule has 1 N–H and O–H groups in total. The van der Waals surface area contributed by atoms with Crippen molar-refractivity contribution in [3.63, 3.8) is 0 Å². The van der Waals surface area contributed by atoms with E-state index in [1.807, 2.05) is 11.3 Å². The lowest BCUT2D eigenvalue weighted by Gasteiger charge is -2.38. The largest absolute Gasteiger partial charge is 0.374 e. The molecule has 1 aromatic rings. The highest BCUT2D eigenvalue weighted by Gasteiger charge is 2.41. The summed E-state index contributed by atoms with van der Waals surface area (Å²) in [6.45, 7) is 6.12. The highest BCUT2D eigenvalue weighted by molar-refractivity contribution is 9.10. The first-order valence-corrected chi connectivity index (χ1v) is 8.97. The van der Waals surface area contributed by atoms with Gasteiger partial charge in [0.2, 0.25) is 0 Å². The van der Waals surface area contributed by atoms with Crippen LogP contribution in [0, 0.1) is 0 Å². The van der Waals surface area contributed by atoms with Crippen molar-refractivity contribution in [3.8, 4) is 0 Å². The van der Waals surface area contributed by atoms with E-state index in [0.717, 1.165) is 19.6 Å². The smallest absolute Gasteiger partial charge is 0.0838 e. The molecule has 4 heteroatoms. The van der Waals surface area contributed by atoms with Gasteiger partial charge in [-0.1, -0.05) is 19.8 Å². The average molecular weight is 346 g/mol. The van der Waals surface area contributed by atoms with E-state index in [1.54, 1.807) is 0 Å². The minimum absolute atomic E-state index is 0.0568. The highest BCUT2D eigenvalue weighted by Crippen LogP contribution is 2.38. The Kier molecular flexibility index (Phi) is 5.87. The molecule has 0 saturated heterocycles. The Morgan fingerprint density at radius 2 is 2.16 bits per heavy atom. The molecular weight excluding hydrogens is 322 g/mol. The van der Waals surface area contributed by atoms with Crippen molar-refractivity contribution in [2.45, 2.75) is 57.6 Å². The summed E-state index contributed by atoms with van der Waals surface area (Å²) in [6.07, 6.45) is 6.08. The third-order valence-electron chi connectivity index (χ3n) is 3.99. The molecule has 108 valence electrons. The van der Waals surface area contributed by atoms with Crippen LogP contribution in [0.25, 0.3) is 0 Å². The van der Waals surface area contributed by atoms with Crippen LogP contribution in [0.4, 0.5) is 0 Å². The van der Waals surface area contributed by atoms with E-state index in [1.165, 1.54) is 35.0 Å². The van der Waals surface area contributed by atoms with E-state index in [0.29, 0.717) is 6.04 Å². The monoisotopic (exact) mass is 345 g/mol. The summed E-state index contributed by atoms with van der Waals surface area (Å²) in [4.78, 5) is 1.43. The van der Waals surface area contributed by atoms with Gasteiger partial charge in [0.05, 0.1) is 5.60 Å². The summed E-state index contributed by atoms with van der Waals surface area (Å²) in [5.41, 5.74) is 0.0568. The van der Waals surface area contributed by atoms with E-state index in [2.05, 4.69) is 46.5 Å². The van der Waals surface area contributed by atoms with Crippen molar-refractivity contribution in [1.82, 2.24) is 5.32 Å². The number of likely N-dealkylation sites (N-methyl/N-ethyl adjacent to an activating group) is 1. The van der Waals surface area contributed by atoms with Gasteiger partial charge in [-0.15, -0.1) is 11.3 Å². The lowest BCUT2D eigenvalue weighted by molar-refractivity contribution is -0.0608. The van der Waals surface area contributed by atoms with Crippen molar-refractivity contribution < 1.29 is 4.74 Å². The van der Waals surface area contributed by atoms with Gasteiger partial charge in [0.1, 0.15) is 0 Å². The molecule has 2 rings (SSSR count). The molecule has 1 aliphatic carbocycles. The Morgan fingerprint density at radius 1 is 1.42 bits per heavy atom. The van der Waals surface area contributed by atoms with E-state index >= 15 is 0 Å². The van der Waals surface area contributed by atoms with Gasteiger partial charge < -0.3 is 10.1 Å². The van der Waals surface area contributed by atoms with Gasteiger partial charge in [-0.2, -0.15) is 0 Å². The maximum atomic E-state index is 6.21. The van der Waals surface area contributed by atoms with E-state index in [4.69, 9.17) is 4.74 Å². The normalized spacial score (nSPS) is 19.7. The number of nitrogens with one attached hydrogen (secondary N) is 1. The molecule has 1 saturated carbocycles. The molecule has 0 aliphatic heterocycles. The topological polar surface area (TPSA) is 21.3 Å². The molecule has 1 unspecified atom stereocenters. The van der Waals surface area contributed by atoms with Crippen LogP contribution in [0.3, 0.4) is 0 Å². The van der Waals surface area contributed by atoms with Crippen LogP contribution >= 0.6 is 27.3 Å². The molecule has 0 spiro atoms. The van der Waals surface area contributed by atoms with Crippen LogP contribution in [0.2, 0.25) is 0 Å². The van der Waals surface area contributed by atoms with Gasteiger partial charge in [0.25, 0.3) is 0 Å². The van der Waals surface area contributed by atoms with Gasteiger partial charge in [0, 0.05) is 27.4 Å². The molecule has 0 bridgehead atoms. The summed E-state index contributed by atoms with van der Waals surface area (Å²) in [5.74, 6) is 0. The van der Waals surface area contributed by atoms with Crippen molar-refractivity contribution in [3.05, 3.63) is 20.8 Å².